The second kappa shape index (κ2) is 5.09. The summed E-state index contributed by atoms with van der Waals surface area (Å²) in [7, 11) is 0. The van der Waals surface area contributed by atoms with E-state index in [0.717, 1.165) is 24.2 Å². The fourth-order valence-corrected chi connectivity index (χ4v) is 2.92. The van der Waals surface area contributed by atoms with Gasteiger partial charge in [0.15, 0.2) is 0 Å². The molecule has 0 spiro atoms. The summed E-state index contributed by atoms with van der Waals surface area (Å²) in [5.41, 5.74) is 6.09. The first-order chi connectivity index (χ1) is 10.4. The summed E-state index contributed by atoms with van der Waals surface area (Å²) in [5, 5.41) is 8.07. The summed E-state index contributed by atoms with van der Waals surface area (Å²) >= 11 is 0. The van der Waals surface area contributed by atoms with Crippen molar-refractivity contribution >= 4 is 5.69 Å². The maximum absolute atomic E-state index is 4.55. The zero-order valence-corrected chi connectivity index (χ0v) is 11.8. The Hall–Kier alpha value is -2.55. The van der Waals surface area contributed by atoms with Crippen molar-refractivity contribution in [2.75, 3.05) is 11.9 Å². The van der Waals surface area contributed by atoms with Gasteiger partial charge in [0.25, 0.3) is 0 Å². The fraction of sp³-hybridized carbons (Fsp3) is 0.167. The zero-order valence-electron chi connectivity index (χ0n) is 11.8. The van der Waals surface area contributed by atoms with Crippen molar-refractivity contribution in [2.45, 2.75) is 12.8 Å². The van der Waals surface area contributed by atoms with Crippen molar-refractivity contribution in [1.29, 1.82) is 0 Å². The molecule has 0 aliphatic carbocycles. The van der Waals surface area contributed by atoms with Gasteiger partial charge in [0.1, 0.15) is 0 Å². The first-order valence-electron chi connectivity index (χ1n) is 7.38. The molecule has 3 heteroatoms. The molecule has 0 amide bonds. The smallest absolute Gasteiger partial charge is 0.0879 e. The van der Waals surface area contributed by atoms with Crippen molar-refractivity contribution in [3.05, 3.63) is 66.5 Å². The van der Waals surface area contributed by atoms with E-state index >= 15 is 0 Å². The molecule has 2 aromatic carbocycles. The normalized spacial score (nSPS) is 13.5. The minimum atomic E-state index is 1.04. The number of nitrogens with one attached hydrogen (secondary N) is 1. The van der Waals surface area contributed by atoms with Gasteiger partial charge in [-0.3, -0.25) is 0 Å². The number of hydrogen-bond donors (Lipinski definition) is 1. The Morgan fingerprint density at radius 3 is 2.76 bits per heavy atom. The van der Waals surface area contributed by atoms with Crippen LogP contribution in [-0.4, -0.2) is 16.3 Å². The van der Waals surface area contributed by atoms with Crippen molar-refractivity contribution in [3.63, 3.8) is 0 Å². The van der Waals surface area contributed by atoms with Gasteiger partial charge in [-0.1, -0.05) is 42.5 Å². The number of nitrogens with zero attached hydrogens (tertiary/aromatic N) is 2. The predicted octanol–water partition coefficient (Wildman–Crippen LogP) is 3.90. The van der Waals surface area contributed by atoms with E-state index in [1.54, 1.807) is 0 Å². The van der Waals surface area contributed by atoms with Crippen molar-refractivity contribution in [3.8, 4) is 16.8 Å². The van der Waals surface area contributed by atoms with Gasteiger partial charge in [-0.15, -0.1) is 0 Å². The monoisotopic (exact) mass is 275 g/mol. The molecular formula is C18H17N3. The van der Waals surface area contributed by atoms with Crippen molar-refractivity contribution in [1.82, 2.24) is 9.78 Å². The molecule has 1 N–H and O–H groups in total. The van der Waals surface area contributed by atoms with E-state index in [0.29, 0.717) is 0 Å². The SMILES string of the molecule is c1ccc(-c2cnn(-c3cccc4c3NCCC4)c2)cc1. The van der Waals surface area contributed by atoms with Gasteiger partial charge in [-0.05, 0) is 30.0 Å². The van der Waals surface area contributed by atoms with Crippen LogP contribution in [0.5, 0.6) is 0 Å². The highest BCUT2D eigenvalue weighted by Gasteiger charge is 2.14. The van der Waals surface area contributed by atoms with E-state index in [1.807, 2.05) is 16.9 Å². The Labute approximate surface area is 124 Å². The maximum atomic E-state index is 4.55. The van der Waals surface area contributed by atoms with Gasteiger partial charge in [0.05, 0.1) is 17.6 Å². The van der Waals surface area contributed by atoms with Crippen LogP contribution in [0.4, 0.5) is 5.69 Å². The highest BCUT2D eigenvalue weighted by atomic mass is 15.3. The standard InChI is InChI=1S/C18H17N3/c1-2-6-14(7-3-1)16-12-20-21(13-16)17-10-4-8-15-9-5-11-19-18(15)17/h1-4,6-8,10,12-13,19H,5,9,11H2. The molecule has 0 fully saturated rings. The highest BCUT2D eigenvalue weighted by Crippen LogP contribution is 2.29. The van der Waals surface area contributed by atoms with Crippen LogP contribution in [0.25, 0.3) is 16.8 Å². The first kappa shape index (κ1) is 12.2. The average Bonchev–Trinajstić information content (AvgIpc) is 3.05. The Morgan fingerprint density at radius 2 is 1.86 bits per heavy atom. The number of fused-ring (bicyclic) bond motifs is 1. The van der Waals surface area contributed by atoms with E-state index < -0.39 is 0 Å². The lowest BCUT2D eigenvalue weighted by atomic mass is 10.0. The second-order valence-corrected chi connectivity index (χ2v) is 5.38. The zero-order chi connectivity index (χ0) is 14.1. The third kappa shape index (κ3) is 2.21. The molecule has 1 aliphatic rings. The molecule has 0 saturated carbocycles. The third-order valence-corrected chi connectivity index (χ3v) is 3.99. The first-order valence-corrected chi connectivity index (χ1v) is 7.38. The largest absolute Gasteiger partial charge is 0.383 e. The molecule has 1 aromatic heterocycles. The number of benzene rings is 2. The van der Waals surface area contributed by atoms with Crippen LogP contribution in [0, 0.1) is 0 Å². The summed E-state index contributed by atoms with van der Waals surface area (Å²) < 4.78 is 1.97. The minimum absolute atomic E-state index is 1.04. The fourth-order valence-electron chi connectivity index (χ4n) is 2.92. The van der Waals surface area contributed by atoms with Crippen LogP contribution >= 0.6 is 0 Å². The third-order valence-electron chi connectivity index (χ3n) is 3.99. The quantitative estimate of drug-likeness (QED) is 0.768. The van der Waals surface area contributed by atoms with Gasteiger partial charge < -0.3 is 5.32 Å². The van der Waals surface area contributed by atoms with E-state index in [4.69, 9.17) is 0 Å². The maximum Gasteiger partial charge on any atom is 0.0879 e. The molecule has 1 aliphatic heterocycles. The molecule has 0 saturated heterocycles. The Kier molecular flexibility index (Phi) is 2.96. The predicted molar refractivity (Wildman–Crippen MR) is 85.8 cm³/mol. The number of aromatic nitrogens is 2. The van der Waals surface area contributed by atoms with Crippen LogP contribution in [0.3, 0.4) is 0 Å². The Balaban J connectivity index is 1.77. The summed E-state index contributed by atoms with van der Waals surface area (Å²) in [4.78, 5) is 0. The molecule has 104 valence electrons. The van der Waals surface area contributed by atoms with Gasteiger partial charge in [0.2, 0.25) is 0 Å². The molecule has 21 heavy (non-hydrogen) atoms. The molecule has 0 bridgehead atoms. The molecule has 2 heterocycles. The van der Waals surface area contributed by atoms with Gasteiger partial charge in [-0.25, -0.2) is 4.68 Å². The van der Waals surface area contributed by atoms with Crippen LogP contribution in [-0.2, 0) is 6.42 Å². The lowest BCUT2D eigenvalue weighted by Crippen LogP contribution is -2.14. The highest BCUT2D eigenvalue weighted by molar-refractivity contribution is 5.68. The van der Waals surface area contributed by atoms with Crippen LogP contribution < -0.4 is 5.32 Å². The molecule has 0 unspecified atom stereocenters. The van der Waals surface area contributed by atoms with E-state index in [1.165, 1.54) is 23.2 Å². The lowest BCUT2D eigenvalue weighted by molar-refractivity contribution is 0.812. The minimum Gasteiger partial charge on any atom is -0.383 e. The summed E-state index contributed by atoms with van der Waals surface area (Å²) in [6.07, 6.45) is 6.37. The Morgan fingerprint density at radius 1 is 0.952 bits per heavy atom. The summed E-state index contributed by atoms with van der Waals surface area (Å²) in [5.74, 6) is 0. The van der Waals surface area contributed by atoms with Crippen molar-refractivity contribution in [2.24, 2.45) is 0 Å². The molecule has 0 atom stereocenters. The lowest BCUT2D eigenvalue weighted by Gasteiger charge is -2.20. The van der Waals surface area contributed by atoms with E-state index in [2.05, 4.69) is 59.1 Å². The number of aryl methyl sites for hydroxylation is 1. The number of para-hydroxylation sites is 1. The number of hydrogen-bond acceptors (Lipinski definition) is 2. The number of anilines is 1. The molecule has 3 nitrogen and oxygen atoms in total. The second-order valence-electron chi connectivity index (χ2n) is 5.38. The summed E-state index contributed by atoms with van der Waals surface area (Å²) in [6.45, 7) is 1.04. The van der Waals surface area contributed by atoms with E-state index in [9.17, 15) is 0 Å². The number of rotatable bonds is 2. The molecule has 4 rings (SSSR count). The summed E-state index contributed by atoms with van der Waals surface area (Å²) in [6, 6.07) is 16.8. The topological polar surface area (TPSA) is 29.9 Å². The van der Waals surface area contributed by atoms with Crippen LogP contribution in [0.1, 0.15) is 12.0 Å². The van der Waals surface area contributed by atoms with Gasteiger partial charge in [0, 0.05) is 18.3 Å². The van der Waals surface area contributed by atoms with E-state index in [-0.39, 0.29) is 0 Å². The van der Waals surface area contributed by atoms with Gasteiger partial charge >= 0.3 is 0 Å². The average molecular weight is 275 g/mol. The van der Waals surface area contributed by atoms with Gasteiger partial charge in [-0.2, -0.15) is 5.10 Å². The molecular weight excluding hydrogens is 258 g/mol. The molecule has 3 aromatic rings. The Bertz CT molecular complexity index is 759. The van der Waals surface area contributed by atoms with Crippen LogP contribution in [0.15, 0.2) is 60.9 Å². The molecule has 0 radical (unpaired) electrons. The van der Waals surface area contributed by atoms with Crippen LogP contribution in [0.2, 0.25) is 0 Å². The van der Waals surface area contributed by atoms with Crippen molar-refractivity contribution < 1.29 is 0 Å².